The Balaban J connectivity index is 1.26. The van der Waals surface area contributed by atoms with Gasteiger partial charge in [0.1, 0.15) is 54.9 Å². The van der Waals surface area contributed by atoms with Crippen molar-refractivity contribution in [3.05, 3.63) is 85.1 Å². The van der Waals surface area contributed by atoms with Gasteiger partial charge in [0.15, 0.2) is 18.4 Å². The summed E-state index contributed by atoms with van der Waals surface area (Å²) in [6.07, 6.45) is -13.2. The van der Waals surface area contributed by atoms with E-state index in [4.69, 9.17) is 33.2 Å². The van der Waals surface area contributed by atoms with Crippen LogP contribution < -0.4 is 5.32 Å². The summed E-state index contributed by atoms with van der Waals surface area (Å²) in [7, 11) is 1.89. The van der Waals surface area contributed by atoms with Crippen LogP contribution in [0.2, 0.25) is 0 Å². The quantitative estimate of drug-likeness (QED) is 0.0971. The number of hydrogen-bond acceptors (Lipinski definition) is 28. The van der Waals surface area contributed by atoms with Crippen LogP contribution in [0.25, 0.3) is 0 Å². The van der Waals surface area contributed by atoms with Crippen molar-refractivity contribution in [3.63, 3.8) is 0 Å². The predicted octanol–water partition coefficient (Wildman–Crippen LogP) is -4.34. The molecule has 18 N–H and O–H groups in total. The summed E-state index contributed by atoms with van der Waals surface area (Å²) in [4.78, 5) is 31.0. The van der Waals surface area contributed by atoms with Gasteiger partial charge < -0.3 is 135 Å². The van der Waals surface area contributed by atoms with Crippen molar-refractivity contribution in [1.29, 1.82) is 0 Å². The van der Waals surface area contributed by atoms with Gasteiger partial charge in [-0.2, -0.15) is 0 Å². The number of piperazine rings is 1. The first-order valence-corrected chi connectivity index (χ1v) is 32.1. The molecule has 6 rings (SSSR count). The maximum absolute atomic E-state index is 14.6. The van der Waals surface area contributed by atoms with E-state index in [0.29, 0.717) is 13.1 Å². The number of carbonyl (C=O) groups is 2. The highest BCUT2D eigenvalue weighted by Crippen LogP contribution is 2.40. The molecular formula is C64H103N3O26. The number of nitrogens with one attached hydrogen (secondary N) is 1. The summed E-state index contributed by atoms with van der Waals surface area (Å²) in [6.45, 7) is 5.89. The standard InChI is InChI=1S/C64H103N3O26/c1-35-18-16-14-12-10-8-6-7-9-11-13-15-17-19-42(90-61-55(80)51(53(78)38(4)89-61)65-34-64(86)59(83)58(46(75)33-87-64)92-62-57(82)56(81)54(79)48(32-68)91-62)29-47-50(60(84)67-24-22-66(5)23-25-67)45(74)31-63(85,93-47)30-41(71)27-44(73)43(72)21-20-39(69)26-40(70)28-49(76)88-37(3)36(2)52(35)77/h6-19,35-48,50-59,61-62,65,68-75,77-83,85-86H,20-34H2,1-5H3/b7-6+,10-8+,11-9+,14-12+,15-13+,18-16+,19-17+/t35-,36-,37-,38+,39+,40+,41-,42-,43+,44+,45-,46+,47?,48+,50?,51-,52+,53+,54-,55-,56-,57+,58+,59-,61?,62?,63+,64+/m0/s1. The highest BCUT2D eigenvalue weighted by Gasteiger charge is 2.56. The van der Waals surface area contributed by atoms with Crippen LogP contribution in [0.1, 0.15) is 79.1 Å². The van der Waals surface area contributed by atoms with Crippen molar-refractivity contribution in [1.82, 2.24) is 15.1 Å². The summed E-state index contributed by atoms with van der Waals surface area (Å²) in [6, 6.07) is -1.46. The normalized spacial score (nSPS) is 46.6. The SMILES string of the molecule is C[C@@H]1[C@H](O)[C@@H](C)/C=C/C=C/C=C/C=C/C=C/C=C/C=C/[C@H](OC2O[C@H](C)[C@@H](O)[C@H](NC[C@@]3(O)OC[C@@H](O)[C@@H](OC4O[C@H](CO)[C@H](O)[C@H](O)[C@H]4O)[C@@H]3O)[C@@H]2O)CC2O[C@](O)(C[C@@H](O)C[C@@H](O)[C@H](O)CC[C@@H](O)C[C@@H](O)CC(=O)O[C@H]1C)C[C@H](O)C2C(=O)N1CCN(C)CC1. The fourth-order valence-electron chi connectivity index (χ4n) is 12.2. The van der Waals surface area contributed by atoms with Gasteiger partial charge in [0.05, 0.1) is 105 Å². The number of amides is 1. The van der Waals surface area contributed by atoms with Crippen LogP contribution in [0.5, 0.6) is 0 Å². The van der Waals surface area contributed by atoms with E-state index in [0.717, 1.165) is 0 Å². The molecular weight excluding hydrogens is 1230 g/mol. The van der Waals surface area contributed by atoms with E-state index in [2.05, 4.69) is 5.32 Å². The maximum atomic E-state index is 14.6. The zero-order chi connectivity index (χ0) is 68.5. The molecule has 530 valence electrons. The van der Waals surface area contributed by atoms with Crippen LogP contribution in [-0.4, -0.2) is 314 Å². The van der Waals surface area contributed by atoms with Crippen molar-refractivity contribution in [2.75, 3.05) is 53.0 Å². The lowest BCUT2D eigenvalue weighted by Gasteiger charge is -2.48. The Morgan fingerprint density at radius 2 is 1.22 bits per heavy atom. The van der Waals surface area contributed by atoms with Crippen LogP contribution in [-0.2, 0) is 42.7 Å². The number of rotatable bonds is 9. The molecule has 93 heavy (non-hydrogen) atoms. The highest BCUT2D eigenvalue weighted by molar-refractivity contribution is 5.80. The largest absolute Gasteiger partial charge is 0.462 e. The molecule has 28 atom stereocenters. The maximum Gasteiger partial charge on any atom is 0.308 e. The minimum Gasteiger partial charge on any atom is -0.462 e. The summed E-state index contributed by atoms with van der Waals surface area (Å²) < 4.78 is 40.9. The summed E-state index contributed by atoms with van der Waals surface area (Å²) >= 11 is 0. The molecule has 6 heterocycles. The Kier molecular flexibility index (Phi) is 30.8. The van der Waals surface area contributed by atoms with Gasteiger partial charge in [0.25, 0.3) is 0 Å². The second kappa shape index (κ2) is 36.6. The van der Waals surface area contributed by atoms with E-state index in [-0.39, 0.29) is 44.7 Å². The molecule has 5 fully saturated rings. The Morgan fingerprint density at radius 1 is 0.613 bits per heavy atom. The van der Waals surface area contributed by atoms with Crippen LogP contribution >= 0.6 is 0 Å². The number of nitrogens with zero attached hydrogens (tertiary/aromatic N) is 2. The van der Waals surface area contributed by atoms with Gasteiger partial charge in [-0.3, -0.25) is 9.59 Å². The number of esters is 1. The van der Waals surface area contributed by atoms with E-state index in [1.807, 2.05) is 18.9 Å². The number of aliphatic hydroxyl groups is 17. The predicted molar refractivity (Wildman–Crippen MR) is 329 cm³/mol. The van der Waals surface area contributed by atoms with Crippen molar-refractivity contribution in [3.8, 4) is 0 Å². The van der Waals surface area contributed by atoms with E-state index in [1.54, 1.807) is 97.7 Å². The lowest BCUT2D eigenvalue weighted by atomic mass is 9.81. The Bertz CT molecular complexity index is 2500. The average molecular weight is 1330 g/mol. The summed E-state index contributed by atoms with van der Waals surface area (Å²) in [5, 5.41) is 191. The van der Waals surface area contributed by atoms with Gasteiger partial charge in [-0.1, -0.05) is 98.9 Å². The molecule has 0 aromatic heterocycles. The van der Waals surface area contributed by atoms with E-state index in [9.17, 15) is 96.4 Å². The van der Waals surface area contributed by atoms with Gasteiger partial charge >= 0.3 is 5.97 Å². The van der Waals surface area contributed by atoms with Crippen molar-refractivity contribution in [2.45, 2.75) is 231 Å². The average Bonchev–Trinajstić information content (AvgIpc) is 0.788. The molecule has 1 amide bonds. The lowest BCUT2D eigenvalue weighted by molar-refractivity contribution is -0.368. The topological polar surface area (TPSA) is 461 Å². The number of cyclic esters (lactones) is 1. The van der Waals surface area contributed by atoms with Gasteiger partial charge in [-0.05, 0) is 40.2 Å². The number of fused-ring (bicyclic) bond motifs is 2. The van der Waals surface area contributed by atoms with Gasteiger partial charge in [0, 0.05) is 63.7 Å². The monoisotopic (exact) mass is 1330 g/mol. The third kappa shape index (κ3) is 22.3. The second-order valence-corrected chi connectivity index (χ2v) is 25.7. The minimum atomic E-state index is -2.67. The smallest absolute Gasteiger partial charge is 0.308 e. The molecule has 5 saturated heterocycles. The summed E-state index contributed by atoms with van der Waals surface area (Å²) in [5.74, 6) is -8.52. The Hall–Kier alpha value is -3.88. The first kappa shape index (κ1) is 78.1. The third-order valence-electron chi connectivity index (χ3n) is 18.2. The van der Waals surface area contributed by atoms with E-state index in [1.165, 1.54) is 13.0 Å². The van der Waals surface area contributed by atoms with Gasteiger partial charge in [0.2, 0.25) is 11.7 Å². The van der Waals surface area contributed by atoms with Crippen LogP contribution in [0.15, 0.2) is 85.1 Å². The molecule has 0 aromatic rings. The number of allylic oxidation sites excluding steroid dienone is 12. The molecule has 6 aliphatic heterocycles. The first-order chi connectivity index (χ1) is 44.0. The fraction of sp³-hybridized carbons (Fsp3) is 0.750. The van der Waals surface area contributed by atoms with Gasteiger partial charge in [-0.25, -0.2) is 0 Å². The van der Waals surface area contributed by atoms with Crippen molar-refractivity contribution >= 4 is 11.9 Å². The van der Waals surface area contributed by atoms with E-state index >= 15 is 0 Å². The van der Waals surface area contributed by atoms with E-state index < -0.39 is 221 Å². The zero-order valence-electron chi connectivity index (χ0n) is 53.4. The first-order valence-electron chi connectivity index (χ1n) is 32.1. The molecule has 0 saturated carbocycles. The lowest BCUT2D eigenvalue weighted by Crippen LogP contribution is -2.70. The number of likely N-dealkylation sites (N-methyl/N-ethyl adjacent to an activating group) is 1. The number of ether oxygens (including phenoxy) is 7. The molecule has 29 heteroatoms. The molecule has 2 bridgehead atoms. The molecule has 6 aliphatic rings. The molecule has 0 aromatic carbocycles. The highest BCUT2D eigenvalue weighted by atomic mass is 16.7. The number of hydrogen-bond donors (Lipinski definition) is 18. The molecule has 0 spiro atoms. The molecule has 29 nitrogen and oxygen atoms in total. The minimum absolute atomic E-state index is 0.148. The van der Waals surface area contributed by atoms with Crippen LogP contribution in [0.3, 0.4) is 0 Å². The molecule has 0 aliphatic carbocycles. The zero-order valence-corrected chi connectivity index (χ0v) is 53.4. The third-order valence-corrected chi connectivity index (χ3v) is 18.2. The fourth-order valence-corrected chi connectivity index (χ4v) is 12.2. The summed E-state index contributed by atoms with van der Waals surface area (Å²) in [5.41, 5.74) is 0. The molecule has 4 unspecified atom stereocenters. The van der Waals surface area contributed by atoms with Crippen molar-refractivity contribution in [2.24, 2.45) is 17.8 Å². The van der Waals surface area contributed by atoms with Gasteiger partial charge in [-0.15, -0.1) is 0 Å². The number of aliphatic hydroxyl groups excluding tert-OH is 15. The second-order valence-electron chi connectivity index (χ2n) is 25.7. The number of carbonyl (C=O) groups excluding carboxylic acids is 2. The van der Waals surface area contributed by atoms with Crippen molar-refractivity contribution < 1.29 is 130 Å². The molecule has 0 radical (unpaired) electrons. The Morgan fingerprint density at radius 3 is 1.84 bits per heavy atom. The van der Waals surface area contributed by atoms with Crippen LogP contribution in [0.4, 0.5) is 0 Å². The van der Waals surface area contributed by atoms with Crippen LogP contribution in [0, 0.1) is 17.8 Å². The Labute approximate surface area is 542 Å².